The Morgan fingerprint density at radius 1 is 0.929 bits per heavy atom. The Kier molecular flexibility index (Phi) is 4.90. The van der Waals surface area contributed by atoms with Crippen molar-refractivity contribution >= 4 is 10.8 Å². The third-order valence-electron chi connectivity index (χ3n) is 4.67. The van der Waals surface area contributed by atoms with E-state index in [1.54, 1.807) is 17.9 Å². The number of hydrogen-bond acceptors (Lipinski definition) is 6. The van der Waals surface area contributed by atoms with E-state index in [2.05, 4.69) is 15.5 Å². The van der Waals surface area contributed by atoms with Gasteiger partial charge in [0, 0.05) is 31.9 Å². The van der Waals surface area contributed by atoms with Crippen LogP contribution in [0.4, 0.5) is 0 Å². The molecule has 0 aliphatic rings. The molecule has 0 radical (unpaired) electrons. The standard InChI is InChI=1S/C21H20N4O3/c1-28-10-4-9-25-21(22-23-24-25)18-12-17(19(26)13-20(18)27)16-8-7-14-5-2-3-6-15(14)11-16/h2-3,5-8,11-13,26-27H,4,9-10H2,1H3. The third-order valence-corrected chi connectivity index (χ3v) is 4.67. The number of nitrogens with zero attached hydrogens (tertiary/aromatic N) is 4. The molecule has 0 saturated heterocycles. The van der Waals surface area contributed by atoms with Gasteiger partial charge in [-0.2, -0.15) is 0 Å². The van der Waals surface area contributed by atoms with Crippen LogP contribution < -0.4 is 0 Å². The van der Waals surface area contributed by atoms with Crippen molar-refractivity contribution in [3.63, 3.8) is 0 Å². The third kappa shape index (κ3) is 3.39. The van der Waals surface area contributed by atoms with Gasteiger partial charge in [0.1, 0.15) is 11.5 Å². The van der Waals surface area contributed by atoms with Crippen molar-refractivity contribution in [3.05, 3.63) is 54.6 Å². The van der Waals surface area contributed by atoms with E-state index < -0.39 is 0 Å². The molecular formula is C21H20N4O3. The second kappa shape index (κ2) is 7.66. The van der Waals surface area contributed by atoms with Crippen molar-refractivity contribution < 1.29 is 14.9 Å². The topological polar surface area (TPSA) is 93.3 Å². The van der Waals surface area contributed by atoms with Crippen LogP contribution in [0, 0.1) is 0 Å². The Morgan fingerprint density at radius 3 is 2.54 bits per heavy atom. The van der Waals surface area contributed by atoms with Crippen LogP contribution in [0.15, 0.2) is 54.6 Å². The zero-order chi connectivity index (χ0) is 19.5. The van der Waals surface area contributed by atoms with Gasteiger partial charge in [0.2, 0.25) is 0 Å². The van der Waals surface area contributed by atoms with Crippen LogP contribution in [0.5, 0.6) is 11.5 Å². The van der Waals surface area contributed by atoms with E-state index in [-0.39, 0.29) is 11.5 Å². The minimum absolute atomic E-state index is 0.00469. The fourth-order valence-electron chi connectivity index (χ4n) is 3.25. The van der Waals surface area contributed by atoms with Gasteiger partial charge in [0.05, 0.1) is 5.56 Å². The van der Waals surface area contributed by atoms with Gasteiger partial charge in [-0.05, 0) is 45.3 Å². The molecule has 0 spiro atoms. The predicted octanol–water partition coefficient (Wildman–Crippen LogP) is 3.61. The molecule has 0 aliphatic carbocycles. The number of benzene rings is 3. The fraction of sp³-hybridized carbons (Fsp3) is 0.190. The second-order valence-corrected chi connectivity index (χ2v) is 6.52. The van der Waals surface area contributed by atoms with Gasteiger partial charge >= 0.3 is 0 Å². The molecule has 0 fully saturated rings. The first-order chi connectivity index (χ1) is 13.7. The van der Waals surface area contributed by atoms with Crippen LogP contribution in [0.1, 0.15) is 6.42 Å². The summed E-state index contributed by atoms with van der Waals surface area (Å²) >= 11 is 0. The molecule has 7 nitrogen and oxygen atoms in total. The summed E-state index contributed by atoms with van der Waals surface area (Å²) in [7, 11) is 1.64. The molecule has 142 valence electrons. The van der Waals surface area contributed by atoms with Gasteiger partial charge in [-0.25, -0.2) is 4.68 Å². The van der Waals surface area contributed by atoms with E-state index in [4.69, 9.17) is 4.74 Å². The SMILES string of the molecule is COCCCn1nnnc1-c1cc(-c2ccc3ccccc3c2)c(O)cc1O. The van der Waals surface area contributed by atoms with Gasteiger partial charge in [-0.1, -0.05) is 36.4 Å². The zero-order valence-electron chi connectivity index (χ0n) is 15.4. The maximum atomic E-state index is 10.4. The molecule has 7 heteroatoms. The molecule has 28 heavy (non-hydrogen) atoms. The Balaban J connectivity index is 1.77. The second-order valence-electron chi connectivity index (χ2n) is 6.52. The molecule has 3 aromatic carbocycles. The maximum absolute atomic E-state index is 10.4. The van der Waals surface area contributed by atoms with Crippen molar-refractivity contribution in [2.75, 3.05) is 13.7 Å². The van der Waals surface area contributed by atoms with Crippen LogP contribution in [0.2, 0.25) is 0 Å². The van der Waals surface area contributed by atoms with Gasteiger partial charge in [0.15, 0.2) is 5.82 Å². The first kappa shape index (κ1) is 17.9. The van der Waals surface area contributed by atoms with E-state index in [9.17, 15) is 10.2 Å². The average molecular weight is 376 g/mol. The summed E-state index contributed by atoms with van der Waals surface area (Å²) in [5, 5.41) is 34.8. The summed E-state index contributed by atoms with van der Waals surface area (Å²) in [5.41, 5.74) is 1.91. The van der Waals surface area contributed by atoms with Gasteiger partial charge < -0.3 is 14.9 Å². The lowest BCUT2D eigenvalue weighted by atomic mass is 9.98. The van der Waals surface area contributed by atoms with Crippen LogP contribution in [-0.4, -0.2) is 44.1 Å². The van der Waals surface area contributed by atoms with E-state index >= 15 is 0 Å². The number of aryl methyl sites for hydroxylation is 1. The van der Waals surface area contributed by atoms with Crippen LogP contribution in [0.3, 0.4) is 0 Å². The monoisotopic (exact) mass is 376 g/mol. The van der Waals surface area contributed by atoms with Gasteiger partial charge in [0.25, 0.3) is 0 Å². The highest BCUT2D eigenvalue weighted by atomic mass is 16.5. The molecule has 1 aromatic heterocycles. The van der Waals surface area contributed by atoms with Crippen molar-refractivity contribution in [1.82, 2.24) is 20.2 Å². The number of phenolic OH excluding ortho intramolecular Hbond substituents is 2. The predicted molar refractivity (Wildman–Crippen MR) is 106 cm³/mol. The van der Waals surface area contributed by atoms with Crippen molar-refractivity contribution in [3.8, 4) is 34.0 Å². The number of aromatic hydroxyl groups is 2. The number of hydrogen-bond donors (Lipinski definition) is 2. The number of phenols is 2. The summed E-state index contributed by atoms with van der Waals surface area (Å²) in [4.78, 5) is 0. The zero-order valence-corrected chi connectivity index (χ0v) is 15.4. The van der Waals surface area contributed by atoms with E-state index in [0.29, 0.717) is 30.1 Å². The Labute approximate surface area is 161 Å². The molecule has 4 aromatic rings. The molecule has 0 unspecified atom stereocenters. The highest BCUT2D eigenvalue weighted by molar-refractivity contribution is 5.89. The van der Waals surface area contributed by atoms with Gasteiger partial charge in [-0.3, -0.25) is 0 Å². The van der Waals surface area contributed by atoms with Crippen LogP contribution in [-0.2, 0) is 11.3 Å². The summed E-state index contributed by atoms with van der Waals surface area (Å²) in [5.74, 6) is 0.357. The number of rotatable bonds is 6. The van der Waals surface area contributed by atoms with Crippen LogP contribution in [0.25, 0.3) is 33.3 Å². The minimum Gasteiger partial charge on any atom is -0.507 e. The lowest BCUT2D eigenvalue weighted by Crippen LogP contribution is -2.05. The largest absolute Gasteiger partial charge is 0.507 e. The Bertz CT molecular complexity index is 1120. The van der Waals surface area contributed by atoms with Crippen molar-refractivity contribution in [1.29, 1.82) is 0 Å². The quantitative estimate of drug-likeness (QED) is 0.499. The lowest BCUT2D eigenvalue weighted by molar-refractivity contribution is 0.189. The molecule has 0 saturated carbocycles. The summed E-state index contributed by atoms with van der Waals surface area (Å²) in [6, 6.07) is 17.0. The molecule has 0 aliphatic heterocycles. The number of fused-ring (bicyclic) bond motifs is 1. The number of aromatic nitrogens is 4. The number of ether oxygens (including phenoxy) is 1. The lowest BCUT2D eigenvalue weighted by Gasteiger charge is -2.11. The molecule has 0 atom stereocenters. The number of methoxy groups -OCH3 is 1. The van der Waals surface area contributed by atoms with E-state index in [1.165, 1.54) is 6.07 Å². The van der Waals surface area contributed by atoms with Crippen molar-refractivity contribution in [2.24, 2.45) is 0 Å². The molecule has 2 N–H and O–H groups in total. The minimum atomic E-state index is -0.0789. The molecular weight excluding hydrogens is 356 g/mol. The Hall–Kier alpha value is -3.45. The molecule has 1 heterocycles. The number of tetrazole rings is 1. The smallest absolute Gasteiger partial charge is 0.185 e. The first-order valence-electron chi connectivity index (χ1n) is 8.98. The molecule has 0 amide bonds. The first-order valence-corrected chi connectivity index (χ1v) is 8.98. The summed E-state index contributed by atoms with van der Waals surface area (Å²) < 4.78 is 6.69. The molecule has 4 rings (SSSR count). The van der Waals surface area contributed by atoms with E-state index in [0.717, 1.165) is 22.8 Å². The van der Waals surface area contributed by atoms with Gasteiger partial charge in [-0.15, -0.1) is 5.10 Å². The summed E-state index contributed by atoms with van der Waals surface area (Å²) in [6.07, 6.45) is 0.741. The molecule has 0 bridgehead atoms. The average Bonchev–Trinajstić information content (AvgIpc) is 3.16. The fourth-order valence-corrected chi connectivity index (χ4v) is 3.25. The highest BCUT2D eigenvalue weighted by Crippen LogP contribution is 2.39. The van der Waals surface area contributed by atoms with Crippen LogP contribution >= 0.6 is 0 Å². The summed E-state index contributed by atoms with van der Waals surface area (Å²) in [6.45, 7) is 1.14. The maximum Gasteiger partial charge on any atom is 0.185 e. The highest BCUT2D eigenvalue weighted by Gasteiger charge is 2.17. The van der Waals surface area contributed by atoms with Crippen molar-refractivity contribution in [2.45, 2.75) is 13.0 Å². The Morgan fingerprint density at radius 2 is 1.71 bits per heavy atom. The normalized spacial score (nSPS) is 11.2. The van der Waals surface area contributed by atoms with E-state index in [1.807, 2.05) is 42.5 Å².